The molecular weight excluding hydrogens is 348 g/mol. The lowest BCUT2D eigenvalue weighted by Gasteiger charge is -2.11. The highest BCUT2D eigenvalue weighted by atomic mass is 35.5. The summed E-state index contributed by atoms with van der Waals surface area (Å²) in [6.45, 7) is 10.9. The second kappa shape index (κ2) is 7.91. The number of anilines is 2. The average molecular weight is 375 g/mol. The molecule has 0 bridgehead atoms. The minimum atomic E-state index is 0.168. The summed E-state index contributed by atoms with van der Waals surface area (Å²) in [4.78, 5) is 15.1. The summed E-state index contributed by atoms with van der Waals surface area (Å²) < 4.78 is 2.03. The highest BCUT2D eigenvalue weighted by Crippen LogP contribution is 2.33. The number of aryl methyl sites for hydroxylation is 1. The van der Waals surface area contributed by atoms with Gasteiger partial charge in [-0.25, -0.2) is 4.98 Å². The molecule has 0 amide bonds. The summed E-state index contributed by atoms with van der Waals surface area (Å²) in [6, 6.07) is 0. The van der Waals surface area contributed by atoms with Crippen molar-refractivity contribution in [3.63, 3.8) is 0 Å². The minimum Gasteiger partial charge on any atom is -0.376 e. The van der Waals surface area contributed by atoms with Gasteiger partial charge in [-0.3, -0.25) is 4.98 Å². The van der Waals surface area contributed by atoms with Crippen molar-refractivity contribution in [2.45, 2.75) is 41.2 Å². The van der Waals surface area contributed by atoms with Gasteiger partial charge in [-0.15, -0.1) is 0 Å². The molecule has 0 saturated carbocycles. The average Bonchev–Trinajstić information content (AvgIpc) is 2.96. The van der Waals surface area contributed by atoms with E-state index in [-0.39, 0.29) is 5.95 Å². The molecule has 0 saturated heterocycles. The predicted molar refractivity (Wildman–Crippen MR) is 110 cm³/mol. The molecule has 3 aromatic heterocycles. The molecule has 2 N–H and O–H groups in total. The van der Waals surface area contributed by atoms with Crippen molar-refractivity contribution in [3.8, 4) is 0 Å². The first-order valence-electron chi connectivity index (χ1n) is 8.70. The van der Waals surface area contributed by atoms with E-state index < -0.39 is 0 Å². The summed E-state index contributed by atoms with van der Waals surface area (Å²) in [6.07, 6.45) is 3.92. The zero-order chi connectivity index (χ0) is 19.6. The van der Waals surface area contributed by atoms with Gasteiger partial charge in [0.25, 0.3) is 0 Å². The zero-order valence-corrected chi connectivity index (χ0v) is 17.3. The van der Waals surface area contributed by atoms with Crippen molar-refractivity contribution < 1.29 is 0 Å². The number of fused-ring (bicyclic) bond motifs is 1. The fourth-order valence-corrected chi connectivity index (χ4v) is 3.07. The van der Waals surface area contributed by atoms with Gasteiger partial charge < -0.3 is 15.2 Å². The van der Waals surface area contributed by atoms with Gasteiger partial charge in [0.1, 0.15) is 10.8 Å². The molecule has 0 spiro atoms. The number of nitrogen functional groups attached to an aromatic ring is 1. The summed E-state index contributed by atoms with van der Waals surface area (Å²) in [5.41, 5.74) is 12.1. The minimum absolute atomic E-state index is 0.168. The lowest BCUT2D eigenvalue weighted by atomic mass is 10.0. The molecule has 0 fully saturated rings. The third kappa shape index (κ3) is 3.60. The van der Waals surface area contributed by atoms with Crippen LogP contribution in [0.15, 0.2) is 12.4 Å². The monoisotopic (exact) mass is 374 g/mol. The Morgan fingerprint density at radius 3 is 2.38 bits per heavy atom. The second-order valence-electron chi connectivity index (χ2n) is 6.25. The Morgan fingerprint density at radius 2 is 1.77 bits per heavy atom. The van der Waals surface area contributed by atoms with Gasteiger partial charge in [0.05, 0.1) is 23.3 Å². The molecule has 0 radical (unpaired) electrons. The quantitative estimate of drug-likeness (QED) is 0.698. The maximum Gasteiger partial charge on any atom is 0.223 e. The van der Waals surface area contributed by atoms with E-state index in [1.54, 1.807) is 0 Å². The van der Waals surface area contributed by atoms with E-state index in [2.05, 4.69) is 35.7 Å². The Morgan fingerprint density at radius 1 is 1.12 bits per heavy atom. The fraction of sp³-hybridized carbons (Fsp3) is 0.421. The first kappa shape index (κ1) is 20.0. The van der Waals surface area contributed by atoms with Crippen LogP contribution in [-0.4, -0.2) is 33.6 Å². The van der Waals surface area contributed by atoms with Gasteiger partial charge in [0.15, 0.2) is 0 Å². The molecule has 3 aromatic rings. The van der Waals surface area contributed by atoms with Crippen molar-refractivity contribution in [3.05, 3.63) is 39.9 Å². The summed E-state index contributed by atoms with van der Waals surface area (Å²) in [5, 5.41) is 1.17. The van der Waals surface area contributed by atoms with E-state index in [9.17, 15) is 0 Å². The van der Waals surface area contributed by atoms with Gasteiger partial charge in [0, 0.05) is 26.5 Å². The van der Waals surface area contributed by atoms with Crippen LogP contribution in [0.2, 0.25) is 5.15 Å². The zero-order valence-electron chi connectivity index (χ0n) is 16.6. The normalized spacial score (nSPS) is 10.6. The highest BCUT2D eigenvalue weighted by molar-refractivity contribution is 6.35. The van der Waals surface area contributed by atoms with E-state index >= 15 is 0 Å². The van der Waals surface area contributed by atoms with Gasteiger partial charge in [-0.1, -0.05) is 25.4 Å². The maximum absolute atomic E-state index is 6.32. The van der Waals surface area contributed by atoms with Gasteiger partial charge in [-0.2, -0.15) is 4.98 Å². The third-order valence-corrected chi connectivity index (χ3v) is 4.75. The molecule has 7 heteroatoms. The second-order valence-corrected chi connectivity index (χ2v) is 6.60. The summed E-state index contributed by atoms with van der Waals surface area (Å²) >= 11 is 6.32. The van der Waals surface area contributed by atoms with Crippen molar-refractivity contribution in [1.82, 2.24) is 19.5 Å². The maximum atomic E-state index is 6.32. The van der Waals surface area contributed by atoms with Gasteiger partial charge in [-0.05, 0) is 37.5 Å². The largest absolute Gasteiger partial charge is 0.376 e. The van der Waals surface area contributed by atoms with Crippen LogP contribution < -0.4 is 10.6 Å². The number of pyridine rings is 1. The lowest BCUT2D eigenvalue weighted by molar-refractivity contribution is 0.785. The number of halogens is 1. The third-order valence-electron chi connectivity index (χ3n) is 4.47. The Bertz CT molecular complexity index is 930. The topological polar surface area (TPSA) is 72.9 Å². The van der Waals surface area contributed by atoms with Gasteiger partial charge in [0.2, 0.25) is 5.95 Å². The first-order chi connectivity index (χ1) is 12.3. The molecule has 0 atom stereocenters. The Balaban J connectivity index is 0.00000117. The smallest absolute Gasteiger partial charge is 0.223 e. The van der Waals surface area contributed by atoms with Crippen LogP contribution in [0.5, 0.6) is 0 Å². The molecule has 26 heavy (non-hydrogen) atoms. The van der Waals surface area contributed by atoms with Gasteiger partial charge >= 0.3 is 0 Å². The molecule has 0 aliphatic heterocycles. The van der Waals surface area contributed by atoms with Crippen LogP contribution in [0.1, 0.15) is 36.2 Å². The number of hydrogen-bond donors (Lipinski definition) is 1. The molecule has 6 nitrogen and oxygen atoms in total. The fourth-order valence-electron chi connectivity index (χ4n) is 2.80. The first-order valence-corrected chi connectivity index (χ1v) is 9.08. The van der Waals surface area contributed by atoms with E-state index in [1.165, 1.54) is 16.7 Å². The van der Waals surface area contributed by atoms with Crippen LogP contribution in [0.4, 0.5) is 11.6 Å². The number of aromatic nitrogens is 4. The van der Waals surface area contributed by atoms with Crippen molar-refractivity contribution in [2.24, 2.45) is 0 Å². The molecule has 0 unspecified atom stereocenters. The van der Waals surface area contributed by atoms with E-state index in [0.29, 0.717) is 11.7 Å². The summed E-state index contributed by atoms with van der Waals surface area (Å²) in [5.74, 6) is 0.168. The standard InChI is InChI=1S/C17H21ClN6.C2H6/c1-9-6-20-12(11(3)10(9)2)7-24-8-13(23(4)5)14-15(18)21-17(19)22-16(14)24;1-2/h6,8H,7H2,1-5H3,(H2,19,21,22);1-2H3. The Kier molecular flexibility index (Phi) is 6.08. The Hall–Kier alpha value is -2.34. The molecule has 3 rings (SSSR count). The van der Waals surface area contributed by atoms with E-state index in [4.69, 9.17) is 17.3 Å². The van der Waals surface area contributed by atoms with Crippen LogP contribution in [0.3, 0.4) is 0 Å². The number of nitrogens with zero attached hydrogens (tertiary/aromatic N) is 5. The number of nitrogens with two attached hydrogens (primary N) is 1. The molecule has 3 heterocycles. The molecule has 0 aliphatic rings. The van der Waals surface area contributed by atoms with Crippen molar-refractivity contribution >= 4 is 34.3 Å². The van der Waals surface area contributed by atoms with Crippen molar-refractivity contribution in [1.29, 1.82) is 0 Å². The van der Waals surface area contributed by atoms with Crippen LogP contribution >= 0.6 is 11.6 Å². The Labute approximate surface area is 160 Å². The van der Waals surface area contributed by atoms with Crippen LogP contribution in [0.25, 0.3) is 11.0 Å². The van der Waals surface area contributed by atoms with Crippen LogP contribution in [0, 0.1) is 20.8 Å². The number of rotatable bonds is 3. The molecule has 140 valence electrons. The van der Waals surface area contributed by atoms with Crippen LogP contribution in [-0.2, 0) is 6.54 Å². The summed E-state index contributed by atoms with van der Waals surface area (Å²) in [7, 11) is 3.93. The van der Waals surface area contributed by atoms with E-state index in [1.807, 2.05) is 49.8 Å². The highest BCUT2D eigenvalue weighted by Gasteiger charge is 2.18. The van der Waals surface area contributed by atoms with Crippen molar-refractivity contribution in [2.75, 3.05) is 24.7 Å². The number of hydrogen-bond acceptors (Lipinski definition) is 5. The van der Waals surface area contributed by atoms with E-state index in [0.717, 1.165) is 22.4 Å². The lowest BCUT2D eigenvalue weighted by Crippen LogP contribution is -2.08. The molecule has 0 aromatic carbocycles. The molecule has 0 aliphatic carbocycles. The SMILES string of the molecule is CC.Cc1cnc(Cn2cc(N(C)C)c3c(Cl)nc(N)nc32)c(C)c1C. The molecular formula is C19H27ClN6. The predicted octanol–water partition coefficient (Wildman–Crippen LogP) is 4.13.